The van der Waals surface area contributed by atoms with E-state index in [0.717, 1.165) is 23.1 Å². The number of rotatable bonds is 6. The summed E-state index contributed by atoms with van der Waals surface area (Å²) in [5.41, 5.74) is 0.766. The number of hydrogen-bond acceptors (Lipinski definition) is 3. The quantitative estimate of drug-likeness (QED) is 0.794. The predicted molar refractivity (Wildman–Crippen MR) is 72.9 cm³/mol. The molecular weight excluding hydrogens is 282 g/mol. The standard InChI is InChI=1S/C12H18BrN3O/c1-9(2)15-6-3-4-12(17)16-11-5-7-14-8-10(11)13/h5,7-9,15H,3-4,6H2,1-2H3,(H,14,16,17). The first-order chi connectivity index (χ1) is 8.09. The molecule has 94 valence electrons. The third kappa shape index (κ3) is 5.79. The van der Waals surface area contributed by atoms with Crippen LogP contribution in [-0.2, 0) is 4.79 Å². The van der Waals surface area contributed by atoms with Crippen molar-refractivity contribution in [1.29, 1.82) is 0 Å². The van der Waals surface area contributed by atoms with Crippen molar-refractivity contribution in [1.82, 2.24) is 10.3 Å². The molecule has 0 atom stereocenters. The number of hydrogen-bond donors (Lipinski definition) is 2. The molecule has 2 N–H and O–H groups in total. The minimum Gasteiger partial charge on any atom is -0.325 e. The average Bonchev–Trinajstić information content (AvgIpc) is 2.27. The highest BCUT2D eigenvalue weighted by Gasteiger charge is 2.04. The summed E-state index contributed by atoms with van der Waals surface area (Å²) in [6, 6.07) is 2.24. The highest BCUT2D eigenvalue weighted by molar-refractivity contribution is 9.10. The second-order valence-corrected chi connectivity index (χ2v) is 4.97. The Morgan fingerprint density at radius 1 is 1.53 bits per heavy atom. The van der Waals surface area contributed by atoms with Gasteiger partial charge in [0.15, 0.2) is 0 Å². The lowest BCUT2D eigenvalue weighted by atomic mass is 10.2. The van der Waals surface area contributed by atoms with Crippen molar-refractivity contribution >= 4 is 27.5 Å². The zero-order valence-corrected chi connectivity index (χ0v) is 11.8. The predicted octanol–water partition coefficient (Wildman–Crippen LogP) is 2.56. The number of halogens is 1. The van der Waals surface area contributed by atoms with Crippen LogP contribution >= 0.6 is 15.9 Å². The van der Waals surface area contributed by atoms with Crippen molar-refractivity contribution < 1.29 is 4.79 Å². The Morgan fingerprint density at radius 3 is 2.94 bits per heavy atom. The summed E-state index contributed by atoms with van der Waals surface area (Å²) in [6.07, 6.45) is 4.68. The van der Waals surface area contributed by atoms with Crippen LogP contribution in [0.25, 0.3) is 0 Å². The largest absolute Gasteiger partial charge is 0.325 e. The van der Waals surface area contributed by atoms with Gasteiger partial charge in [0.25, 0.3) is 0 Å². The molecular formula is C12H18BrN3O. The summed E-state index contributed by atoms with van der Waals surface area (Å²) in [4.78, 5) is 15.6. The van der Waals surface area contributed by atoms with Crippen LogP contribution < -0.4 is 10.6 Å². The van der Waals surface area contributed by atoms with Gasteiger partial charge in [-0.15, -0.1) is 0 Å². The molecule has 0 bridgehead atoms. The first kappa shape index (κ1) is 14.1. The van der Waals surface area contributed by atoms with Gasteiger partial charge in [0.1, 0.15) is 0 Å². The Labute approximate surface area is 110 Å². The lowest BCUT2D eigenvalue weighted by molar-refractivity contribution is -0.116. The summed E-state index contributed by atoms with van der Waals surface area (Å²) in [7, 11) is 0. The van der Waals surface area contributed by atoms with Crippen LogP contribution in [0.5, 0.6) is 0 Å². The van der Waals surface area contributed by atoms with Crippen LogP contribution in [0.3, 0.4) is 0 Å². The SMILES string of the molecule is CC(C)NCCCC(=O)Nc1ccncc1Br. The molecule has 0 saturated carbocycles. The number of nitrogens with one attached hydrogen (secondary N) is 2. The van der Waals surface area contributed by atoms with Crippen molar-refractivity contribution in [3.8, 4) is 0 Å². The average molecular weight is 300 g/mol. The highest BCUT2D eigenvalue weighted by atomic mass is 79.9. The molecule has 0 aromatic carbocycles. The number of amides is 1. The van der Waals surface area contributed by atoms with E-state index in [2.05, 4.69) is 45.4 Å². The van der Waals surface area contributed by atoms with E-state index in [1.165, 1.54) is 0 Å². The molecule has 1 heterocycles. The molecule has 0 saturated heterocycles. The first-order valence-corrected chi connectivity index (χ1v) is 6.51. The molecule has 0 unspecified atom stereocenters. The first-order valence-electron chi connectivity index (χ1n) is 5.72. The van der Waals surface area contributed by atoms with Gasteiger partial charge in [0.2, 0.25) is 5.91 Å². The molecule has 0 spiro atoms. The minimum absolute atomic E-state index is 0.0301. The molecule has 1 aromatic rings. The van der Waals surface area contributed by atoms with Crippen molar-refractivity contribution in [2.45, 2.75) is 32.7 Å². The summed E-state index contributed by atoms with van der Waals surface area (Å²) in [5.74, 6) is 0.0301. The van der Waals surface area contributed by atoms with Gasteiger partial charge in [-0.1, -0.05) is 13.8 Å². The number of aromatic nitrogens is 1. The van der Waals surface area contributed by atoms with Crippen LogP contribution in [0.1, 0.15) is 26.7 Å². The fraction of sp³-hybridized carbons (Fsp3) is 0.500. The fourth-order valence-corrected chi connectivity index (χ4v) is 1.68. The van der Waals surface area contributed by atoms with E-state index in [0.29, 0.717) is 12.5 Å². The maximum atomic E-state index is 11.6. The van der Waals surface area contributed by atoms with E-state index in [9.17, 15) is 4.79 Å². The molecule has 0 fully saturated rings. The Balaban J connectivity index is 2.28. The van der Waals surface area contributed by atoms with Gasteiger partial charge in [-0.2, -0.15) is 0 Å². The topological polar surface area (TPSA) is 54.0 Å². The van der Waals surface area contributed by atoms with Crippen LogP contribution in [0.2, 0.25) is 0 Å². The van der Waals surface area contributed by atoms with Crippen molar-refractivity contribution in [3.63, 3.8) is 0 Å². The van der Waals surface area contributed by atoms with Crippen molar-refractivity contribution in [2.24, 2.45) is 0 Å². The van der Waals surface area contributed by atoms with E-state index >= 15 is 0 Å². The Morgan fingerprint density at radius 2 is 2.29 bits per heavy atom. The normalized spacial score (nSPS) is 10.6. The monoisotopic (exact) mass is 299 g/mol. The summed E-state index contributed by atoms with van der Waals surface area (Å²) in [5, 5.41) is 6.12. The van der Waals surface area contributed by atoms with Gasteiger partial charge in [-0.05, 0) is 35.0 Å². The third-order valence-electron chi connectivity index (χ3n) is 2.18. The second-order valence-electron chi connectivity index (χ2n) is 4.12. The second kappa shape index (κ2) is 7.40. The molecule has 1 amide bonds. The third-order valence-corrected chi connectivity index (χ3v) is 2.81. The molecule has 0 aliphatic heterocycles. The van der Waals surface area contributed by atoms with E-state index in [1.54, 1.807) is 18.5 Å². The maximum absolute atomic E-state index is 11.6. The van der Waals surface area contributed by atoms with E-state index in [4.69, 9.17) is 0 Å². The number of carbonyl (C=O) groups excluding carboxylic acids is 1. The molecule has 1 aromatic heterocycles. The molecule has 0 aliphatic rings. The van der Waals surface area contributed by atoms with Gasteiger partial charge in [0, 0.05) is 24.9 Å². The highest BCUT2D eigenvalue weighted by Crippen LogP contribution is 2.19. The van der Waals surface area contributed by atoms with E-state index in [-0.39, 0.29) is 5.91 Å². The maximum Gasteiger partial charge on any atom is 0.224 e. The Bertz CT molecular complexity index is 369. The number of nitrogens with zero attached hydrogens (tertiary/aromatic N) is 1. The van der Waals surface area contributed by atoms with Crippen molar-refractivity contribution in [3.05, 3.63) is 22.9 Å². The zero-order valence-electron chi connectivity index (χ0n) is 10.2. The van der Waals surface area contributed by atoms with Gasteiger partial charge in [0.05, 0.1) is 10.2 Å². The molecule has 0 aliphatic carbocycles. The number of carbonyl (C=O) groups is 1. The molecule has 17 heavy (non-hydrogen) atoms. The summed E-state index contributed by atoms with van der Waals surface area (Å²) >= 11 is 3.34. The Hall–Kier alpha value is -0.940. The lowest BCUT2D eigenvalue weighted by Gasteiger charge is -2.08. The van der Waals surface area contributed by atoms with Crippen LogP contribution in [0.15, 0.2) is 22.9 Å². The van der Waals surface area contributed by atoms with Crippen molar-refractivity contribution in [2.75, 3.05) is 11.9 Å². The minimum atomic E-state index is 0.0301. The summed E-state index contributed by atoms with van der Waals surface area (Å²) < 4.78 is 0.800. The molecule has 4 nitrogen and oxygen atoms in total. The van der Waals surface area contributed by atoms with Crippen LogP contribution in [0, 0.1) is 0 Å². The van der Waals surface area contributed by atoms with Gasteiger partial charge in [-0.25, -0.2) is 0 Å². The molecule has 1 rings (SSSR count). The number of pyridine rings is 1. The zero-order chi connectivity index (χ0) is 12.7. The van der Waals surface area contributed by atoms with Crippen LogP contribution in [0.4, 0.5) is 5.69 Å². The Kier molecular flexibility index (Phi) is 6.15. The lowest BCUT2D eigenvalue weighted by Crippen LogP contribution is -2.24. The number of anilines is 1. The van der Waals surface area contributed by atoms with Crippen LogP contribution in [-0.4, -0.2) is 23.5 Å². The smallest absolute Gasteiger partial charge is 0.224 e. The van der Waals surface area contributed by atoms with E-state index < -0.39 is 0 Å². The fourth-order valence-electron chi connectivity index (χ4n) is 1.33. The molecule has 0 radical (unpaired) electrons. The van der Waals surface area contributed by atoms with Gasteiger partial charge >= 0.3 is 0 Å². The van der Waals surface area contributed by atoms with Gasteiger partial charge in [-0.3, -0.25) is 9.78 Å². The van der Waals surface area contributed by atoms with Gasteiger partial charge < -0.3 is 10.6 Å². The molecule has 5 heteroatoms. The van der Waals surface area contributed by atoms with E-state index in [1.807, 2.05) is 0 Å². The summed E-state index contributed by atoms with van der Waals surface area (Å²) in [6.45, 7) is 5.05.